The van der Waals surface area contributed by atoms with Crippen LogP contribution in [0.25, 0.3) is 10.9 Å². The van der Waals surface area contributed by atoms with Crippen molar-refractivity contribution >= 4 is 28.8 Å². The van der Waals surface area contributed by atoms with Crippen molar-refractivity contribution in [2.75, 3.05) is 0 Å². The summed E-state index contributed by atoms with van der Waals surface area (Å²) in [7, 11) is 0. The third-order valence-corrected chi connectivity index (χ3v) is 1.96. The second-order valence-corrected chi connectivity index (χ2v) is 2.81. The van der Waals surface area contributed by atoms with Crippen molar-refractivity contribution in [2.45, 2.75) is 0 Å². The monoisotopic (exact) mass is 180 g/mol. The van der Waals surface area contributed by atoms with Crippen LogP contribution in [-0.2, 0) is 0 Å². The number of carbonyl (C=O) groups is 1. The zero-order chi connectivity index (χ0) is 8.55. The Labute approximate surface area is 73.3 Å². The van der Waals surface area contributed by atoms with Crippen LogP contribution in [0.2, 0.25) is 5.15 Å². The highest BCUT2D eigenvalue weighted by atomic mass is 35.5. The predicted octanol–water partition coefficient (Wildman–Crippen LogP) is 2.03. The molecule has 12 heavy (non-hydrogen) atoms. The van der Waals surface area contributed by atoms with Crippen LogP contribution in [0.4, 0.5) is 0 Å². The van der Waals surface area contributed by atoms with E-state index in [-0.39, 0.29) is 0 Å². The van der Waals surface area contributed by atoms with Gasteiger partial charge < -0.3 is 0 Å². The highest BCUT2D eigenvalue weighted by Crippen LogP contribution is 2.20. The fourth-order valence-corrected chi connectivity index (χ4v) is 1.27. The van der Waals surface area contributed by atoms with Crippen LogP contribution in [0.3, 0.4) is 0 Å². The van der Waals surface area contributed by atoms with Crippen LogP contribution in [0.1, 0.15) is 10.4 Å². The van der Waals surface area contributed by atoms with E-state index in [9.17, 15) is 4.79 Å². The van der Waals surface area contributed by atoms with Gasteiger partial charge in [-0.3, -0.25) is 9.89 Å². The summed E-state index contributed by atoms with van der Waals surface area (Å²) < 4.78 is 0. The molecule has 0 unspecified atom stereocenters. The van der Waals surface area contributed by atoms with E-state index in [2.05, 4.69) is 10.2 Å². The van der Waals surface area contributed by atoms with E-state index < -0.39 is 0 Å². The Hall–Kier alpha value is -1.35. The molecule has 0 aliphatic carbocycles. The van der Waals surface area contributed by atoms with E-state index >= 15 is 0 Å². The number of nitrogens with zero attached hydrogens (tertiary/aromatic N) is 1. The van der Waals surface area contributed by atoms with Crippen LogP contribution in [0.15, 0.2) is 18.2 Å². The smallest absolute Gasteiger partial charge is 0.150 e. The van der Waals surface area contributed by atoms with Crippen LogP contribution in [0, 0.1) is 0 Å². The molecule has 4 heteroatoms. The maximum atomic E-state index is 10.4. The minimum Gasteiger partial charge on any atom is -0.298 e. The van der Waals surface area contributed by atoms with Crippen molar-refractivity contribution < 1.29 is 4.79 Å². The van der Waals surface area contributed by atoms with E-state index in [1.807, 2.05) is 0 Å². The van der Waals surface area contributed by atoms with E-state index in [4.69, 9.17) is 11.6 Å². The van der Waals surface area contributed by atoms with Crippen LogP contribution in [0.5, 0.6) is 0 Å². The Balaban J connectivity index is 2.77. The Morgan fingerprint density at radius 3 is 3.08 bits per heavy atom. The maximum Gasteiger partial charge on any atom is 0.150 e. The lowest BCUT2D eigenvalue weighted by Gasteiger charge is -1.89. The summed E-state index contributed by atoms with van der Waals surface area (Å²) in [5.74, 6) is 0. The number of benzene rings is 1. The van der Waals surface area contributed by atoms with E-state index in [0.29, 0.717) is 16.2 Å². The predicted molar refractivity (Wildman–Crippen MR) is 46.5 cm³/mol. The lowest BCUT2D eigenvalue weighted by Crippen LogP contribution is -1.77. The Kier molecular flexibility index (Phi) is 1.59. The van der Waals surface area contributed by atoms with Crippen molar-refractivity contribution in [3.05, 3.63) is 28.9 Å². The van der Waals surface area contributed by atoms with Gasteiger partial charge in [-0.2, -0.15) is 5.10 Å². The highest BCUT2D eigenvalue weighted by Gasteiger charge is 2.02. The fourth-order valence-electron chi connectivity index (χ4n) is 1.07. The lowest BCUT2D eigenvalue weighted by atomic mass is 10.2. The molecular formula is C8H5ClN2O. The lowest BCUT2D eigenvalue weighted by molar-refractivity contribution is 0.112. The minimum atomic E-state index is 0.502. The fraction of sp³-hybridized carbons (Fsp3) is 0. The second kappa shape index (κ2) is 2.60. The average molecular weight is 181 g/mol. The number of aromatic nitrogens is 2. The molecule has 1 N–H and O–H groups in total. The van der Waals surface area contributed by atoms with Gasteiger partial charge in [-0.1, -0.05) is 17.7 Å². The number of carbonyl (C=O) groups excluding carboxylic acids is 1. The normalized spacial score (nSPS) is 10.4. The molecule has 2 aromatic rings. The zero-order valence-electron chi connectivity index (χ0n) is 6.04. The number of rotatable bonds is 1. The second-order valence-electron chi connectivity index (χ2n) is 2.43. The third-order valence-electron chi connectivity index (χ3n) is 1.67. The van der Waals surface area contributed by atoms with Crippen LogP contribution >= 0.6 is 11.6 Å². The van der Waals surface area contributed by atoms with Crippen LogP contribution < -0.4 is 0 Å². The Morgan fingerprint density at radius 2 is 2.33 bits per heavy atom. The molecule has 0 saturated carbocycles. The van der Waals surface area contributed by atoms with Gasteiger partial charge in [0.15, 0.2) is 0 Å². The van der Waals surface area contributed by atoms with Gasteiger partial charge in [0.1, 0.15) is 11.4 Å². The van der Waals surface area contributed by atoms with Crippen molar-refractivity contribution in [1.29, 1.82) is 0 Å². The van der Waals surface area contributed by atoms with Gasteiger partial charge in [-0.05, 0) is 12.1 Å². The SMILES string of the molecule is O=Cc1ccc2c(Cl)[nH]nc2c1. The molecular weight excluding hydrogens is 176 g/mol. The molecule has 0 saturated heterocycles. The molecule has 1 aromatic heterocycles. The quantitative estimate of drug-likeness (QED) is 0.683. The van der Waals surface area contributed by atoms with E-state index in [0.717, 1.165) is 11.7 Å². The van der Waals surface area contributed by atoms with Gasteiger partial charge in [0, 0.05) is 10.9 Å². The van der Waals surface area contributed by atoms with Crippen molar-refractivity contribution in [2.24, 2.45) is 0 Å². The summed E-state index contributed by atoms with van der Waals surface area (Å²) in [6.45, 7) is 0. The summed E-state index contributed by atoms with van der Waals surface area (Å²) in [4.78, 5) is 10.4. The number of halogens is 1. The molecule has 0 aliphatic heterocycles. The first-order chi connectivity index (χ1) is 5.81. The summed E-state index contributed by atoms with van der Waals surface area (Å²) in [6.07, 6.45) is 0.780. The molecule has 0 spiro atoms. The largest absolute Gasteiger partial charge is 0.298 e. The van der Waals surface area contributed by atoms with Crippen molar-refractivity contribution in [3.8, 4) is 0 Å². The maximum absolute atomic E-state index is 10.4. The topological polar surface area (TPSA) is 45.8 Å². The number of nitrogens with one attached hydrogen (secondary N) is 1. The van der Waals surface area contributed by atoms with Gasteiger partial charge in [-0.15, -0.1) is 0 Å². The van der Waals surface area contributed by atoms with Crippen molar-refractivity contribution in [1.82, 2.24) is 10.2 Å². The summed E-state index contributed by atoms with van der Waals surface area (Å²) in [5.41, 5.74) is 1.32. The number of hydrogen-bond acceptors (Lipinski definition) is 2. The number of aromatic amines is 1. The molecule has 0 atom stereocenters. The van der Waals surface area contributed by atoms with Gasteiger partial charge in [0.25, 0.3) is 0 Å². The minimum absolute atomic E-state index is 0.502. The number of hydrogen-bond donors (Lipinski definition) is 1. The Morgan fingerprint density at radius 1 is 1.50 bits per heavy atom. The molecule has 3 nitrogen and oxygen atoms in total. The molecule has 0 bridgehead atoms. The van der Waals surface area contributed by atoms with Crippen molar-refractivity contribution in [3.63, 3.8) is 0 Å². The number of fused-ring (bicyclic) bond motifs is 1. The standard InChI is InChI=1S/C8H5ClN2O/c9-8-6-2-1-5(4-12)3-7(6)10-11-8/h1-4H,(H,10,11). The molecule has 0 amide bonds. The van der Waals surface area contributed by atoms with E-state index in [1.165, 1.54) is 0 Å². The third kappa shape index (κ3) is 0.987. The van der Waals surface area contributed by atoms with Gasteiger partial charge in [0.05, 0.1) is 5.52 Å². The molecule has 0 fully saturated rings. The molecule has 0 aliphatic rings. The molecule has 0 radical (unpaired) electrons. The average Bonchev–Trinajstić information content (AvgIpc) is 2.47. The number of H-pyrrole nitrogens is 1. The first-order valence-corrected chi connectivity index (χ1v) is 3.78. The summed E-state index contributed by atoms with van der Waals surface area (Å²) in [5, 5.41) is 7.88. The first-order valence-electron chi connectivity index (χ1n) is 3.40. The molecule has 2 rings (SSSR count). The molecule has 60 valence electrons. The summed E-state index contributed by atoms with van der Waals surface area (Å²) in [6, 6.07) is 5.16. The molecule has 1 aromatic carbocycles. The first kappa shape index (κ1) is 7.31. The van der Waals surface area contributed by atoms with Gasteiger partial charge in [-0.25, -0.2) is 0 Å². The highest BCUT2D eigenvalue weighted by molar-refractivity contribution is 6.34. The summed E-state index contributed by atoms with van der Waals surface area (Å²) >= 11 is 5.76. The van der Waals surface area contributed by atoms with Gasteiger partial charge >= 0.3 is 0 Å². The zero-order valence-corrected chi connectivity index (χ0v) is 6.80. The van der Waals surface area contributed by atoms with Gasteiger partial charge in [0.2, 0.25) is 0 Å². The van der Waals surface area contributed by atoms with Crippen LogP contribution in [-0.4, -0.2) is 16.5 Å². The number of aldehydes is 1. The Bertz CT molecular complexity index is 436. The molecule has 1 heterocycles. The van der Waals surface area contributed by atoms with E-state index in [1.54, 1.807) is 18.2 Å².